The molecule has 0 N–H and O–H groups in total. The van der Waals surface area contributed by atoms with Crippen molar-refractivity contribution in [2.75, 3.05) is 7.11 Å². The lowest BCUT2D eigenvalue weighted by Crippen LogP contribution is -2.01. The second-order valence-electron chi connectivity index (χ2n) is 4.33. The van der Waals surface area contributed by atoms with E-state index in [2.05, 4.69) is 20.9 Å². The van der Waals surface area contributed by atoms with Crippen LogP contribution in [0.5, 0.6) is 11.5 Å². The monoisotopic (exact) mass is 355 g/mol. The number of hydrogen-bond donors (Lipinski definition) is 0. The second kappa shape index (κ2) is 6.95. The molecule has 0 spiro atoms. The molecule has 0 aliphatic heterocycles. The molecule has 0 bridgehead atoms. The first kappa shape index (κ1) is 15.1. The molecule has 0 saturated heterocycles. The average molecular weight is 357 g/mol. The topological polar surface area (TPSA) is 31.4 Å². The Morgan fingerprint density at radius 3 is 2.70 bits per heavy atom. The van der Waals surface area contributed by atoms with Crippen LogP contribution in [0.25, 0.3) is 0 Å². The number of nitrogens with zero attached hydrogens (tertiary/aromatic N) is 1. The van der Waals surface area contributed by atoms with Gasteiger partial charge in [0.05, 0.1) is 17.8 Å². The number of pyridine rings is 1. The largest absolute Gasteiger partial charge is 0.497 e. The maximum absolute atomic E-state index is 6.17. The molecule has 0 saturated carbocycles. The summed E-state index contributed by atoms with van der Waals surface area (Å²) < 4.78 is 10.9. The van der Waals surface area contributed by atoms with Crippen LogP contribution >= 0.6 is 27.5 Å². The standard InChI is InChI=1S/C15H15BrClNO2/c1-10-5-13(19-2)7-12(18-10)9-20-15-4-3-11(8-16)6-14(15)17/h3-7H,8-9H2,1-2H3. The highest BCUT2D eigenvalue weighted by Gasteiger charge is 2.05. The molecule has 0 fully saturated rings. The summed E-state index contributed by atoms with van der Waals surface area (Å²) in [5.74, 6) is 1.43. The fraction of sp³-hybridized carbons (Fsp3) is 0.267. The predicted octanol–water partition coefficient (Wildman–Crippen LogP) is 4.53. The fourth-order valence-corrected chi connectivity index (χ4v) is 2.40. The first-order valence-corrected chi connectivity index (χ1v) is 7.61. The van der Waals surface area contributed by atoms with Gasteiger partial charge in [0.2, 0.25) is 0 Å². The third-order valence-electron chi connectivity index (χ3n) is 2.74. The summed E-state index contributed by atoms with van der Waals surface area (Å²) in [5, 5.41) is 1.37. The lowest BCUT2D eigenvalue weighted by atomic mass is 10.2. The third kappa shape index (κ3) is 3.87. The Kier molecular flexibility index (Phi) is 5.26. The van der Waals surface area contributed by atoms with Gasteiger partial charge in [-0.15, -0.1) is 0 Å². The molecule has 1 heterocycles. The Morgan fingerprint density at radius 1 is 1.25 bits per heavy atom. The van der Waals surface area contributed by atoms with E-state index in [1.165, 1.54) is 0 Å². The first-order chi connectivity index (χ1) is 9.62. The van der Waals surface area contributed by atoms with Gasteiger partial charge in [-0.2, -0.15) is 0 Å². The number of aryl methyl sites for hydroxylation is 1. The number of methoxy groups -OCH3 is 1. The number of rotatable bonds is 5. The number of alkyl halides is 1. The minimum atomic E-state index is 0.353. The number of benzene rings is 1. The van der Waals surface area contributed by atoms with Crippen molar-refractivity contribution in [2.24, 2.45) is 0 Å². The average Bonchev–Trinajstić information content (AvgIpc) is 2.45. The summed E-state index contributed by atoms with van der Waals surface area (Å²) in [7, 11) is 1.63. The summed E-state index contributed by atoms with van der Waals surface area (Å²) in [4.78, 5) is 4.40. The molecule has 0 amide bonds. The number of aromatic nitrogens is 1. The molecular formula is C15H15BrClNO2. The van der Waals surface area contributed by atoms with Crippen LogP contribution < -0.4 is 9.47 Å². The molecular weight excluding hydrogens is 342 g/mol. The van der Waals surface area contributed by atoms with Gasteiger partial charge in [-0.3, -0.25) is 4.98 Å². The molecule has 2 rings (SSSR count). The Hall–Kier alpha value is -1.26. The maximum Gasteiger partial charge on any atom is 0.138 e. The van der Waals surface area contributed by atoms with E-state index in [0.29, 0.717) is 17.4 Å². The second-order valence-corrected chi connectivity index (χ2v) is 5.29. The zero-order valence-corrected chi connectivity index (χ0v) is 13.7. The van der Waals surface area contributed by atoms with Crippen molar-refractivity contribution < 1.29 is 9.47 Å². The SMILES string of the molecule is COc1cc(C)nc(COc2ccc(CBr)cc2Cl)c1. The molecule has 3 nitrogen and oxygen atoms in total. The molecule has 0 unspecified atom stereocenters. The molecule has 106 valence electrons. The van der Waals surface area contributed by atoms with Crippen molar-refractivity contribution >= 4 is 27.5 Å². The van der Waals surface area contributed by atoms with Crippen LogP contribution in [0.15, 0.2) is 30.3 Å². The van der Waals surface area contributed by atoms with Crippen molar-refractivity contribution in [3.8, 4) is 11.5 Å². The zero-order valence-electron chi connectivity index (χ0n) is 11.3. The van der Waals surface area contributed by atoms with Crippen molar-refractivity contribution in [1.29, 1.82) is 0 Å². The van der Waals surface area contributed by atoms with E-state index in [9.17, 15) is 0 Å². The number of ether oxygens (including phenoxy) is 2. The van der Waals surface area contributed by atoms with Crippen LogP contribution in [0.2, 0.25) is 5.02 Å². The van der Waals surface area contributed by atoms with E-state index in [1.54, 1.807) is 7.11 Å². The van der Waals surface area contributed by atoms with Crippen molar-refractivity contribution in [3.05, 3.63) is 52.3 Å². The number of halogens is 2. The van der Waals surface area contributed by atoms with Gasteiger partial charge in [-0.1, -0.05) is 33.6 Å². The Labute approximate surface area is 132 Å². The first-order valence-electron chi connectivity index (χ1n) is 6.11. The molecule has 20 heavy (non-hydrogen) atoms. The summed E-state index contributed by atoms with van der Waals surface area (Å²) in [6, 6.07) is 9.46. The summed E-state index contributed by atoms with van der Waals surface area (Å²) in [5.41, 5.74) is 2.81. The Bertz CT molecular complexity index is 604. The molecule has 2 aromatic rings. The highest BCUT2D eigenvalue weighted by atomic mass is 79.9. The van der Waals surface area contributed by atoms with E-state index >= 15 is 0 Å². The quantitative estimate of drug-likeness (QED) is 0.738. The van der Waals surface area contributed by atoms with Crippen LogP contribution in [0.1, 0.15) is 17.0 Å². The van der Waals surface area contributed by atoms with Gasteiger partial charge in [0, 0.05) is 23.2 Å². The van der Waals surface area contributed by atoms with Gasteiger partial charge in [0.1, 0.15) is 18.1 Å². The Balaban J connectivity index is 2.10. The normalized spacial score (nSPS) is 10.4. The van der Waals surface area contributed by atoms with Gasteiger partial charge in [-0.25, -0.2) is 0 Å². The zero-order chi connectivity index (χ0) is 14.5. The van der Waals surface area contributed by atoms with Crippen LogP contribution in [0.3, 0.4) is 0 Å². The van der Waals surface area contributed by atoms with E-state index in [-0.39, 0.29) is 0 Å². The van der Waals surface area contributed by atoms with Crippen molar-refractivity contribution in [2.45, 2.75) is 18.9 Å². The van der Waals surface area contributed by atoms with Gasteiger partial charge < -0.3 is 9.47 Å². The lowest BCUT2D eigenvalue weighted by Gasteiger charge is -2.10. The smallest absolute Gasteiger partial charge is 0.138 e. The molecule has 5 heteroatoms. The number of hydrogen-bond acceptors (Lipinski definition) is 3. The van der Waals surface area contributed by atoms with Gasteiger partial charge in [0.25, 0.3) is 0 Å². The van der Waals surface area contributed by atoms with Crippen molar-refractivity contribution in [1.82, 2.24) is 4.98 Å². The van der Waals surface area contributed by atoms with Crippen LogP contribution in [0.4, 0.5) is 0 Å². The lowest BCUT2D eigenvalue weighted by molar-refractivity contribution is 0.300. The highest BCUT2D eigenvalue weighted by molar-refractivity contribution is 9.08. The van der Waals surface area contributed by atoms with E-state index in [1.807, 2.05) is 37.3 Å². The summed E-state index contributed by atoms with van der Waals surface area (Å²) in [6.07, 6.45) is 0. The van der Waals surface area contributed by atoms with E-state index in [4.69, 9.17) is 21.1 Å². The third-order valence-corrected chi connectivity index (χ3v) is 3.68. The van der Waals surface area contributed by atoms with E-state index < -0.39 is 0 Å². The minimum Gasteiger partial charge on any atom is -0.497 e. The van der Waals surface area contributed by atoms with E-state index in [0.717, 1.165) is 28.0 Å². The molecule has 1 aromatic heterocycles. The molecule has 0 radical (unpaired) electrons. The predicted molar refractivity (Wildman–Crippen MR) is 83.9 cm³/mol. The highest BCUT2D eigenvalue weighted by Crippen LogP contribution is 2.27. The van der Waals surface area contributed by atoms with Gasteiger partial charge >= 0.3 is 0 Å². The van der Waals surface area contributed by atoms with Crippen LogP contribution in [0, 0.1) is 6.92 Å². The Morgan fingerprint density at radius 2 is 2.05 bits per heavy atom. The summed E-state index contributed by atoms with van der Waals surface area (Å²) in [6.45, 7) is 2.27. The molecule has 0 atom stereocenters. The fourth-order valence-electron chi connectivity index (χ4n) is 1.79. The van der Waals surface area contributed by atoms with Gasteiger partial charge in [0.15, 0.2) is 0 Å². The van der Waals surface area contributed by atoms with Gasteiger partial charge in [-0.05, 0) is 24.6 Å². The summed E-state index contributed by atoms with van der Waals surface area (Å²) >= 11 is 9.57. The minimum absolute atomic E-state index is 0.353. The van der Waals surface area contributed by atoms with Crippen LogP contribution in [-0.2, 0) is 11.9 Å². The van der Waals surface area contributed by atoms with Crippen molar-refractivity contribution in [3.63, 3.8) is 0 Å². The van der Waals surface area contributed by atoms with Crippen LogP contribution in [-0.4, -0.2) is 12.1 Å². The molecule has 0 aliphatic carbocycles. The molecule has 0 aliphatic rings. The molecule has 1 aromatic carbocycles. The maximum atomic E-state index is 6.17.